The predicted molar refractivity (Wildman–Crippen MR) is 129 cm³/mol. The Hall–Kier alpha value is -2.44. The van der Waals surface area contributed by atoms with Gasteiger partial charge in [0.2, 0.25) is 0 Å². The SMILES string of the molecule is C=C/C1=C2/N=C(C=CN2C)N(C)CCN2CC3CCCN3CC2CCc2ccc(F)c1c2. The molecule has 1 aromatic carbocycles. The standard InChI is InChI=1S/C26H34FN5/c1-4-22-23-16-19(8-10-24(23)27)7-9-21-18-31-12-5-6-20(31)17-32(21)15-14-29(2)25-11-13-30(3)26(22)28-25/h4,8,10-11,13,16,20-21H,1,5-7,9,12,14-15,17-18H2,2-3H3/b26-22+. The van der Waals surface area contributed by atoms with Crippen molar-refractivity contribution in [1.82, 2.24) is 19.6 Å². The molecule has 5 nitrogen and oxygen atoms in total. The first-order valence-electron chi connectivity index (χ1n) is 11.9. The van der Waals surface area contributed by atoms with Gasteiger partial charge in [-0.15, -0.1) is 0 Å². The summed E-state index contributed by atoms with van der Waals surface area (Å²) in [7, 11) is 4.06. The molecule has 170 valence electrons. The van der Waals surface area contributed by atoms with E-state index in [0.29, 0.717) is 17.6 Å². The van der Waals surface area contributed by atoms with Crippen molar-refractivity contribution in [3.05, 3.63) is 65.9 Å². The van der Waals surface area contributed by atoms with Crippen LogP contribution < -0.4 is 0 Å². The summed E-state index contributed by atoms with van der Waals surface area (Å²) in [6.45, 7) is 9.50. The average molecular weight is 436 g/mol. The number of hydrogen-bond donors (Lipinski definition) is 0. The molecule has 0 aliphatic carbocycles. The number of halogens is 1. The maximum absolute atomic E-state index is 15.0. The van der Waals surface area contributed by atoms with E-state index in [2.05, 4.69) is 28.3 Å². The van der Waals surface area contributed by atoms with E-state index in [1.54, 1.807) is 12.1 Å². The van der Waals surface area contributed by atoms with Crippen molar-refractivity contribution >= 4 is 11.4 Å². The highest BCUT2D eigenvalue weighted by Gasteiger charge is 2.36. The molecular formula is C26H34FN5. The molecule has 32 heavy (non-hydrogen) atoms. The van der Waals surface area contributed by atoms with Crippen LogP contribution in [0.15, 0.2) is 53.9 Å². The zero-order chi connectivity index (χ0) is 22.2. The van der Waals surface area contributed by atoms with Crippen molar-refractivity contribution in [2.24, 2.45) is 4.99 Å². The lowest BCUT2D eigenvalue weighted by molar-refractivity contribution is 0.0449. The molecule has 0 spiro atoms. The third-order valence-corrected chi connectivity index (χ3v) is 7.55. The van der Waals surface area contributed by atoms with Crippen LogP contribution in [-0.4, -0.2) is 84.3 Å². The molecule has 4 bridgehead atoms. The Labute approximate surface area is 191 Å². The van der Waals surface area contributed by atoms with E-state index in [4.69, 9.17) is 4.99 Å². The van der Waals surface area contributed by atoms with E-state index in [1.807, 2.05) is 36.4 Å². The smallest absolute Gasteiger partial charge is 0.142 e. The highest BCUT2D eigenvalue weighted by molar-refractivity contribution is 5.95. The van der Waals surface area contributed by atoms with E-state index in [-0.39, 0.29) is 5.82 Å². The van der Waals surface area contributed by atoms with Gasteiger partial charge < -0.3 is 9.80 Å². The van der Waals surface area contributed by atoms with Crippen LogP contribution in [0.2, 0.25) is 0 Å². The summed E-state index contributed by atoms with van der Waals surface area (Å²) in [5, 5.41) is 0. The van der Waals surface area contributed by atoms with Crippen LogP contribution in [0, 0.1) is 5.82 Å². The summed E-state index contributed by atoms with van der Waals surface area (Å²) in [5.74, 6) is 1.41. The van der Waals surface area contributed by atoms with Crippen molar-refractivity contribution in [3.63, 3.8) is 0 Å². The third-order valence-electron chi connectivity index (χ3n) is 7.55. The maximum Gasteiger partial charge on any atom is 0.142 e. The van der Waals surface area contributed by atoms with E-state index in [1.165, 1.54) is 24.9 Å². The summed E-state index contributed by atoms with van der Waals surface area (Å²) in [6, 6.07) is 6.79. The van der Waals surface area contributed by atoms with Crippen LogP contribution in [0.1, 0.15) is 30.4 Å². The summed E-state index contributed by atoms with van der Waals surface area (Å²) in [6.07, 6.45) is 10.5. The van der Waals surface area contributed by atoms with Crippen LogP contribution in [0.3, 0.4) is 0 Å². The van der Waals surface area contributed by atoms with Crippen LogP contribution in [0.4, 0.5) is 4.39 Å². The van der Waals surface area contributed by atoms with Crippen molar-refractivity contribution < 1.29 is 4.39 Å². The molecule has 1 aromatic rings. The third kappa shape index (κ3) is 4.02. The Kier molecular flexibility index (Phi) is 5.91. The van der Waals surface area contributed by atoms with Gasteiger partial charge in [0.25, 0.3) is 0 Å². The number of allylic oxidation sites excluding steroid dienone is 2. The van der Waals surface area contributed by atoms with E-state index < -0.39 is 0 Å². The van der Waals surface area contributed by atoms with Gasteiger partial charge in [-0.3, -0.25) is 9.80 Å². The Morgan fingerprint density at radius 3 is 2.66 bits per heavy atom. The van der Waals surface area contributed by atoms with Crippen LogP contribution >= 0.6 is 0 Å². The van der Waals surface area contributed by atoms with Crippen LogP contribution in [0.5, 0.6) is 0 Å². The number of benzene rings is 1. The quantitative estimate of drug-likeness (QED) is 0.674. The fraction of sp³-hybridized carbons (Fsp3) is 0.500. The summed E-state index contributed by atoms with van der Waals surface area (Å²) >= 11 is 0. The molecule has 2 unspecified atom stereocenters. The van der Waals surface area contributed by atoms with E-state index in [9.17, 15) is 4.39 Å². The topological polar surface area (TPSA) is 25.3 Å². The van der Waals surface area contributed by atoms with Crippen molar-refractivity contribution in [3.8, 4) is 0 Å². The number of nitrogens with zero attached hydrogens (tertiary/aromatic N) is 5. The van der Waals surface area contributed by atoms with E-state index in [0.717, 1.165) is 56.3 Å². The minimum atomic E-state index is -0.226. The molecular weight excluding hydrogens is 401 g/mol. The molecule has 0 aromatic heterocycles. The monoisotopic (exact) mass is 435 g/mol. The Bertz CT molecular complexity index is 980. The molecule has 0 saturated carbocycles. The van der Waals surface area contributed by atoms with Crippen molar-refractivity contribution in [1.29, 1.82) is 0 Å². The fourth-order valence-electron chi connectivity index (χ4n) is 5.61. The second-order valence-corrected chi connectivity index (χ2v) is 9.55. The van der Waals surface area contributed by atoms with E-state index >= 15 is 0 Å². The molecule has 2 atom stereocenters. The predicted octanol–water partition coefficient (Wildman–Crippen LogP) is 3.56. The van der Waals surface area contributed by atoms with Gasteiger partial charge in [0.15, 0.2) is 0 Å². The van der Waals surface area contributed by atoms with Gasteiger partial charge in [0, 0.05) is 69.7 Å². The first-order valence-corrected chi connectivity index (χ1v) is 11.9. The van der Waals surface area contributed by atoms with Gasteiger partial charge in [0.1, 0.15) is 17.5 Å². The number of fused-ring (bicyclic) bond motifs is 5. The van der Waals surface area contributed by atoms with Crippen LogP contribution in [0.25, 0.3) is 5.57 Å². The second-order valence-electron chi connectivity index (χ2n) is 9.55. The number of piperazine rings is 1. The van der Waals surface area contributed by atoms with Crippen molar-refractivity contribution in [2.75, 3.05) is 46.8 Å². The van der Waals surface area contributed by atoms with Crippen LogP contribution in [-0.2, 0) is 6.42 Å². The number of hydrogen-bond acceptors (Lipinski definition) is 5. The van der Waals surface area contributed by atoms with Gasteiger partial charge in [-0.1, -0.05) is 18.7 Å². The number of aliphatic imine (C=N–C) groups is 1. The lowest BCUT2D eigenvalue weighted by Gasteiger charge is -2.44. The summed E-state index contributed by atoms with van der Waals surface area (Å²) in [4.78, 5) is 14.5. The largest absolute Gasteiger partial charge is 0.358 e. The van der Waals surface area contributed by atoms with Gasteiger partial charge in [-0.25, -0.2) is 9.38 Å². The molecule has 4 heterocycles. The molecule has 4 aliphatic heterocycles. The first-order chi connectivity index (χ1) is 15.5. The summed E-state index contributed by atoms with van der Waals surface area (Å²) in [5.41, 5.74) is 2.49. The molecule has 4 aliphatic rings. The number of aryl methyl sites for hydroxylation is 1. The Morgan fingerprint density at radius 1 is 1.06 bits per heavy atom. The fourth-order valence-corrected chi connectivity index (χ4v) is 5.61. The highest BCUT2D eigenvalue weighted by Crippen LogP contribution is 2.30. The number of amidine groups is 1. The van der Waals surface area contributed by atoms with Gasteiger partial charge in [-0.2, -0.15) is 0 Å². The molecule has 6 heteroatoms. The summed E-state index contributed by atoms with van der Waals surface area (Å²) < 4.78 is 15.0. The molecule has 0 radical (unpaired) electrons. The molecule has 2 saturated heterocycles. The highest BCUT2D eigenvalue weighted by atomic mass is 19.1. The number of rotatable bonds is 1. The van der Waals surface area contributed by atoms with Gasteiger partial charge in [0.05, 0.1) is 0 Å². The Balaban J connectivity index is 1.55. The first kappa shape index (κ1) is 21.4. The lowest BCUT2D eigenvalue weighted by atomic mass is 9.96. The molecule has 5 rings (SSSR count). The second kappa shape index (κ2) is 8.83. The molecule has 2 fully saturated rings. The molecule has 0 amide bonds. The normalized spacial score (nSPS) is 29.3. The molecule has 0 N–H and O–H groups in total. The minimum absolute atomic E-state index is 0.226. The minimum Gasteiger partial charge on any atom is -0.358 e. The zero-order valence-electron chi connectivity index (χ0n) is 19.3. The van der Waals surface area contributed by atoms with Gasteiger partial charge in [-0.05, 0) is 56.0 Å². The maximum atomic E-state index is 15.0. The van der Waals surface area contributed by atoms with Gasteiger partial charge >= 0.3 is 0 Å². The number of likely N-dealkylation sites (N-methyl/N-ethyl adjacent to an activating group) is 1. The zero-order valence-corrected chi connectivity index (χ0v) is 19.3. The Morgan fingerprint density at radius 2 is 1.84 bits per heavy atom. The average Bonchev–Trinajstić information content (AvgIpc) is 3.25. The van der Waals surface area contributed by atoms with Crippen molar-refractivity contribution in [2.45, 2.75) is 37.8 Å². The lowest BCUT2D eigenvalue weighted by Crippen LogP contribution is -2.57.